The van der Waals surface area contributed by atoms with E-state index in [1.54, 1.807) is 12.4 Å². The van der Waals surface area contributed by atoms with Gasteiger partial charge in [0.15, 0.2) is 0 Å². The fourth-order valence-electron chi connectivity index (χ4n) is 1.07. The molecular formula is C7H8N4. The molecule has 4 heteroatoms. The summed E-state index contributed by atoms with van der Waals surface area (Å²) in [5.74, 6) is 0.521. The molecule has 0 saturated heterocycles. The number of pyridine rings is 1. The number of hydrogen-bond donors (Lipinski definition) is 1. The van der Waals surface area contributed by atoms with Crippen LogP contribution in [0.15, 0.2) is 18.5 Å². The van der Waals surface area contributed by atoms with Crippen molar-refractivity contribution < 1.29 is 0 Å². The largest absolute Gasteiger partial charge is 0.369 e. The molecule has 2 aromatic rings. The Balaban J connectivity index is 2.92. The lowest BCUT2D eigenvalue weighted by molar-refractivity contribution is 0.965. The van der Waals surface area contributed by atoms with Crippen molar-refractivity contribution in [3.8, 4) is 0 Å². The van der Waals surface area contributed by atoms with E-state index in [1.165, 1.54) is 0 Å². The van der Waals surface area contributed by atoms with E-state index in [9.17, 15) is 0 Å². The highest BCUT2D eigenvalue weighted by molar-refractivity contribution is 5.76. The molecule has 0 aliphatic carbocycles. The Morgan fingerprint density at radius 2 is 2.36 bits per heavy atom. The quantitative estimate of drug-likeness (QED) is 0.593. The third-order valence-corrected chi connectivity index (χ3v) is 1.72. The van der Waals surface area contributed by atoms with Crippen molar-refractivity contribution in [3.05, 3.63) is 18.5 Å². The molecule has 0 spiro atoms. The van der Waals surface area contributed by atoms with Crippen molar-refractivity contribution in [2.45, 2.75) is 0 Å². The predicted octanol–water partition coefficient (Wildman–Crippen LogP) is 0.551. The summed E-state index contributed by atoms with van der Waals surface area (Å²) in [6.07, 6.45) is 3.43. The first-order valence-electron chi connectivity index (χ1n) is 3.31. The maximum absolute atomic E-state index is 5.58. The number of hydrogen-bond acceptors (Lipinski definition) is 3. The van der Waals surface area contributed by atoms with E-state index in [2.05, 4.69) is 9.97 Å². The van der Waals surface area contributed by atoms with Crippen LogP contribution in [0, 0.1) is 0 Å². The molecule has 2 heterocycles. The van der Waals surface area contributed by atoms with Crippen molar-refractivity contribution in [3.63, 3.8) is 0 Å². The van der Waals surface area contributed by atoms with Crippen molar-refractivity contribution in [1.82, 2.24) is 14.5 Å². The number of nitrogens with two attached hydrogens (primary N) is 1. The van der Waals surface area contributed by atoms with Crippen molar-refractivity contribution in [1.29, 1.82) is 0 Å². The number of fused-ring (bicyclic) bond motifs is 1. The molecule has 0 unspecified atom stereocenters. The second-order valence-electron chi connectivity index (χ2n) is 2.39. The highest BCUT2D eigenvalue weighted by Gasteiger charge is 2.01. The fourth-order valence-corrected chi connectivity index (χ4v) is 1.07. The summed E-state index contributed by atoms with van der Waals surface area (Å²) < 4.78 is 1.83. The van der Waals surface area contributed by atoms with Gasteiger partial charge in [-0.3, -0.25) is 4.98 Å². The van der Waals surface area contributed by atoms with Crippen LogP contribution in [0.2, 0.25) is 0 Å². The molecule has 0 amide bonds. The minimum Gasteiger partial charge on any atom is -0.369 e. The Labute approximate surface area is 63.7 Å². The van der Waals surface area contributed by atoms with Crippen LogP contribution in [0.5, 0.6) is 0 Å². The Morgan fingerprint density at radius 1 is 1.55 bits per heavy atom. The van der Waals surface area contributed by atoms with Crippen LogP contribution in [-0.4, -0.2) is 14.5 Å². The Hall–Kier alpha value is -1.58. The second-order valence-corrected chi connectivity index (χ2v) is 2.39. The van der Waals surface area contributed by atoms with Gasteiger partial charge in [0.2, 0.25) is 5.95 Å². The average Bonchev–Trinajstić information content (AvgIpc) is 2.30. The van der Waals surface area contributed by atoms with E-state index in [0.29, 0.717) is 5.95 Å². The Bertz CT molecular complexity index is 390. The van der Waals surface area contributed by atoms with Crippen molar-refractivity contribution in [2.75, 3.05) is 5.73 Å². The molecule has 0 aliphatic rings. The molecule has 0 aromatic carbocycles. The van der Waals surface area contributed by atoms with Gasteiger partial charge < -0.3 is 10.3 Å². The first-order chi connectivity index (χ1) is 5.29. The molecular weight excluding hydrogens is 140 g/mol. The summed E-state index contributed by atoms with van der Waals surface area (Å²) >= 11 is 0. The van der Waals surface area contributed by atoms with E-state index in [4.69, 9.17) is 5.73 Å². The molecule has 2 aromatic heterocycles. The smallest absolute Gasteiger partial charge is 0.200 e. The molecule has 56 valence electrons. The number of nitrogen functional groups attached to an aromatic ring is 1. The van der Waals surface area contributed by atoms with Crippen LogP contribution in [0.25, 0.3) is 11.0 Å². The molecule has 11 heavy (non-hydrogen) atoms. The first kappa shape index (κ1) is 6.15. The summed E-state index contributed by atoms with van der Waals surface area (Å²) in [5.41, 5.74) is 7.43. The average molecular weight is 148 g/mol. The zero-order valence-corrected chi connectivity index (χ0v) is 6.15. The second kappa shape index (κ2) is 1.95. The lowest BCUT2D eigenvalue weighted by Crippen LogP contribution is -1.95. The van der Waals surface area contributed by atoms with Gasteiger partial charge in [-0.25, -0.2) is 4.98 Å². The summed E-state index contributed by atoms with van der Waals surface area (Å²) in [6.45, 7) is 0. The summed E-state index contributed by atoms with van der Waals surface area (Å²) in [6, 6.07) is 1.89. The maximum atomic E-state index is 5.58. The van der Waals surface area contributed by atoms with E-state index < -0.39 is 0 Å². The Kier molecular flexibility index (Phi) is 1.09. The van der Waals surface area contributed by atoms with Crippen LogP contribution in [0.1, 0.15) is 0 Å². The zero-order chi connectivity index (χ0) is 7.84. The van der Waals surface area contributed by atoms with E-state index in [0.717, 1.165) is 11.0 Å². The number of aromatic nitrogens is 3. The molecule has 2 N–H and O–H groups in total. The minimum atomic E-state index is 0.521. The van der Waals surface area contributed by atoms with Crippen molar-refractivity contribution >= 4 is 17.0 Å². The monoisotopic (exact) mass is 148 g/mol. The molecule has 0 saturated carbocycles. The van der Waals surface area contributed by atoms with Gasteiger partial charge in [0.25, 0.3) is 0 Å². The van der Waals surface area contributed by atoms with Gasteiger partial charge in [0.05, 0.1) is 11.7 Å². The Morgan fingerprint density at radius 3 is 3.09 bits per heavy atom. The molecule has 0 aliphatic heterocycles. The van der Waals surface area contributed by atoms with Gasteiger partial charge in [0, 0.05) is 13.2 Å². The number of anilines is 1. The summed E-state index contributed by atoms with van der Waals surface area (Å²) in [7, 11) is 1.88. The fraction of sp³-hybridized carbons (Fsp3) is 0.143. The lowest BCUT2D eigenvalue weighted by Gasteiger charge is -1.93. The van der Waals surface area contributed by atoms with Crippen LogP contribution in [-0.2, 0) is 7.05 Å². The minimum absolute atomic E-state index is 0.521. The number of imidazole rings is 1. The van der Waals surface area contributed by atoms with Gasteiger partial charge in [0.1, 0.15) is 5.52 Å². The van der Waals surface area contributed by atoms with Crippen LogP contribution in [0.4, 0.5) is 5.95 Å². The van der Waals surface area contributed by atoms with E-state index in [-0.39, 0.29) is 0 Å². The van der Waals surface area contributed by atoms with E-state index in [1.807, 2.05) is 17.7 Å². The topological polar surface area (TPSA) is 56.7 Å². The molecule has 0 radical (unpaired) electrons. The number of nitrogens with zero attached hydrogens (tertiary/aromatic N) is 3. The van der Waals surface area contributed by atoms with E-state index >= 15 is 0 Å². The summed E-state index contributed by atoms with van der Waals surface area (Å²) in [5, 5.41) is 0. The number of rotatable bonds is 0. The third kappa shape index (κ3) is 0.756. The molecule has 2 rings (SSSR count). The van der Waals surface area contributed by atoms with Crippen molar-refractivity contribution in [2.24, 2.45) is 7.05 Å². The maximum Gasteiger partial charge on any atom is 0.200 e. The van der Waals surface area contributed by atoms with Gasteiger partial charge in [-0.2, -0.15) is 0 Å². The van der Waals surface area contributed by atoms with Gasteiger partial charge in [-0.15, -0.1) is 0 Å². The molecule has 0 fully saturated rings. The normalized spacial score (nSPS) is 10.6. The predicted molar refractivity (Wildman–Crippen MR) is 42.9 cm³/mol. The zero-order valence-electron chi connectivity index (χ0n) is 6.15. The van der Waals surface area contributed by atoms with Crippen LogP contribution >= 0.6 is 0 Å². The van der Waals surface area contributed by atoms with Crippen LogP contribution < -0.4 is 5.73 Å². The SMILES string of the molecule is Cn1c(N)nc2cnccc21. The third-order valence-electron chi connectivity index (χ3n) is 1.72. The van der Waals surface area contributed by atoms with Gasteiger partial charge in [-0.05, 0) is 6.07 Å². The molecule has 0 bridgehead atoms. The highest BCUT2D eigenvalue weighted by Crippen LogP contribution is 2.13. The molecule has 4 nitrogen and oxygen atoms in total. The summed E-state index contributed by atoms with van der Waals surface area (Å²) in [4.78, 5) is 8.03. The highest BCUT2D eigenvalue weighted by atomic mass is 15.1. The van der Waals surface area contributed by atoms with Gasteiger partial charge >= 0.3 is 0 Å². The first-order valence-corrected chi connectivity index (χ1v) is 3.31. The molecule has 0 atom stereocenters. The lowest BCUT2D eigenvalue weighted by atomic mass is 10.4. The van der Waals surface area contributed by atoms with Crippen LogP contribution in [0.3, 0.4) is 0 Å². The van der Waals surface area contributed by atoms with Gasteiger partial charge in [-0.1, -0.05) is 0 Å². The number of aryl methyl sites for hydroxylation is 1. The standard InChI is InChI=1S/C7H8N4/c1-11-6-2-3-9-4-5(6)10-7(11)8/h2-4H,1H3,(H2,8,10).